The zero-order chi connectivity index (χ0) is 26.8. The molecule has 14 heteroatoms. The van der Waals surface area contributed by atoms with E-state index in [0.29, 0.717) is 36.1 Å². The van der Waals surface area contributed by atoms with Crippen molar-refractivity contribution in [3.8, 4) is 5.69 Å². The van der Waals surface area contributed by atoms with Crippen LogP contribution in [-0.2, 0) is 21.4 Å². The number of amides is 1. The Morgan fingerprint density at radius 1 is 1.14 bits per heavy atom. The van der Waals surface area contributed by atoms with Crippen molar-refractivity contribution in [3.63, 3.8) is 0 Å². The molecule has 1 aromatic carbocycles. The first-order valence-corrected chi connectivity index (χ1v) is 12.5. The molecule has 1 aromatic heterocycles. The number of carboxylic acids is 1. The number of fused-ring (bicyclic) bond motifs is 3. The number of aliphatic carboxylic acids is 1. The summed E-state index contributed by atoms with van der Waals surface area (Å²) in [5.74, 6) is -2.55. The lowest BCUT2D eigenvalue weighted by Gasteiger charge is -2.21. The number of sulfonamides is 1. The Morgan fingerprint density at radius 2 is 1.75 bits per heavy atom. The van der Waals surface area contributed by atoms with Crippen molar-refractivity contribution in [1.82, 2.24) is 23.7 Å². The molecule has 0 radical (unpaired) electrons. The Morgan fingerprint density at radius 3 is 2.31 bits per heavy atom. The smallest absolute Gasteiger partial charge is 0.475 e. The number of halogens is 3. The van der Waals surface area contributed by atoms with Crippen molar-refractivity contribution >= 4 is 21.9 Å². The third-order valence-electron chi connectivity index (χ3n) is 5.77. The maximum Gasteiger partial charge on any atom is 0.490 e. The number of hydrogen-bond donors (Lipinski definition) is 1. The van der Waals surface area contributed by atoms with E-state index in [0.717, 1.165) is 19.4 Å². The van der Waals surface area contributed by atoms with Gasteiger partial charge in [-0.05, 0) is 45.0 Å². The molecule has 1 fully saturated rings. The van der Waals surface area contributed by atoms with Crippen LogP contribution in [0.25, 0.3) is 5.69 Å². The van der Waals surface area contributed by atoms with Gasteiger partial charge < -0.3 is 14.9 Å². The summed E-state index contributed by atoms with van der Waals surface area (Å²) >= 11 is 0. The lowest BCUT2D eigenvalue weighted by Crippen LogP contribution is -2.35. The molecule has 1 aliphatic heterocycles. The van der Waals surface area contributed by atoms with Gasteiger partial charge in [0.15, 0.2) is 5.69 Å². The summed E-state index contributed by atoms with van der Waals surface area (Å²) in [4.78, 5) is 30.3. The molecular weight excluding hydrogens is 503 g/mol. The first-order chi connectivity index (χ1) is 16.7. The second kappa shape index (κ2) is 10.6. The van der Waals surface area contributed by atoms with Gasteiger partial charge in [0, 0.05) is 26.7 Å². The van der Waals surface area contributed by atoms with E-state index in [2.05, 4.69) is 4.98 Å². The molecule has 2 aliphatic rings. The molecular formula is C22H28F3N5O5S. The number of para-hydroxylation sites is 1. The summed E-state index contributed by atoms with van der Waals surface area (Å²) < 4.78 is 61.7. The number of aromatic nitrogens is 2. The van der Waals surface area contributed by atoms with Crippen LogP contribution in [0.3, 0.4) is 0 Å². The molecule has 0 saturated heterocycles. The maximum atomic E-state index is 13.3. The second-order valence-corrected chi connectivity index (χ2v) is 10.9. The monoisotopic (exact) mass is 531 g/mol. The van der Waals surface area contributed by atoms with Gasteiger partial charge in [0.2, 0.25) is 10.0 Å². The zero-order valence-electron chi connectivity index (χ0n) is 20.1. The van der Waals surface area contributed by atoms with E-state index in [4.69, 9.17) is 9.90 Å². The van der Waals surface area contributed by atoms with Crippen LogP contribution in [0.1, 0.15) is 29.0 Å². The number of carbonyl (C=O) groups is 2. The highest BCUT2D eigenvalue weighted by Gasteiger charge is 2.39. The van der Waals surface area contributed by atoms with E-state index >= 15 is 0 Å². The molecule has 198 valence electrons. The molecule has 0 bridgehead atoms. The first-order valence-electron chi connectivity index (χ1n) is 11.1. The highest BCUT2D eigenvalue weighted by atomic mass is 32.2. The van der Waals surface area contributed by atoms with Crippen molar-refractivity contribution in [1.29, 1.82) is 0 Å². The number of rotatable bonds is 6. The fourth-order valence-corrected chi connectivity index (χ4v) is 5.22. The molecule has 0 atom stereocenters. The van der Waals surface area contributed by atoms with E-state index in [1.807, 2.05) is 19.0 Å². The predicted molar refractivity (Wildman–Crippen MR) is 123 cm³/mol. The number of carboxylic acid groups (broad SMARTS) is 1. The second-order valence-electron chi connectivity index (χ2n) is 8.95. The molecule has 1 amide bonds. The van der Waals surface area contributed by atoms with Gasteiger partial charge in [-0.3, -0.25) is 9.36 Å². The average Bonchev–Trinajstić information content (AvgIpc) is 3.54. The number of nitrogens with zero attached hydrogens (tertiary/aromatic N) is 5. The van der Waals surface area contributed by atoms with E-state index in [1.165, 1.54) is 4.31 Å². The quantitative estimate of drug-likeness (QED) is 0.607. The van der Waals surface area contributed by atoms with E-state index in [-0.39, 0.29) is 17.3 Å². The van der Waals surface area contributed by atoms with E-state index in [1.54, 1.807) is 47.1 Å². The van der Waals surface area contributed by atoms with Gasteiger partial charge in [0.1, 0.15) is 11.2 Å². The summed E-state index contributed by atoms with van der Waals surface area (Å²) in [5, 5.41) is 7.12. The van der Waals surface area contributed by atoms with Crippen LogP contribution >= 0.6 is 0 Å². The van der Waals surface area contributed by atoms with E-state index in [9.17, 15) is 26.4 Å². The minimum atomic E-state index is -5.08. The molecule has 2 heterocycles. The normalized spacial score (nSPS) is 16.9. The molecule has 1 N–H and O–H groups in total. The third kappa shape index (κ3) is 6.23. The molecule has 4 rings (SSSR count). The highest BCUT2D eigenvalue weighted by Crippen LogP contribution is 2.36. The van der Waals surface area contributed by atoms with Crippen molar-refractivity contribution in [2.24, 2.45) is 5.92 Å². The topological polar surface area (TPSA) is 116 Å². The SMILES string of the molecule is CN(C)CCN(C)C(=O)c1ncn2c1CN(CC1CC1)S(=O)(=O)c1ccccc1-2.O=C(O)C(F)(F)F. The standard InChI is InChI=1S/C20H27N5O3S.C2HF3O2/c1-22(2)10-11-23(3)20(26)19-17-13-24(12-15-8-9-15)29(27,28)18-7-5-4-6-16(18)25(17)14-21-19;3-2(4,5)1(6)7/h4-7,14-15H,8-13H2,1-3H3;(H,6,7). The van der Waals surface area contributed by atoms with Gasteiger partial charge in [-0.2, -0.15) is 17.5 Å². The highest BCUT2D eigenvalue weighted by molar-refractivity contribution is 7.89. The number of benzene rings is 1. The van der Waals surface area contributed by atoms with Crippen LogP contribution in [0.4, 0.5) is 13.2 Å². The van der Waals surface area contributed by atoms with Crippen molar-refractivity contribution in [3.05, 3.63) is 42.0 Å². The maximum absolute atomic E-state index is 13.3. The Labute approximate surface area is 207 Å². The molecule has 0 unspecified atom stereocenters. The Balaban J connectivity index is 0.000000454. The number of imidazole rings is 1. The number of carbonyl (C=O) groups excluding carboxylic acids is 1. The Hall–Kier alpha value is -2.97. The fourth-order valence-electron chi connectivity index (χ4n) is 3.56. The third-order valence-corrected chi connectivity index (χ3v) is 7.63. The summed E-state index contributed by atoms with van der Waals surface area (Å²) in [7, 11) is 2.02. The van der Waals surface area contributed by atoms with Crippen molar-refractivity contribution in [2.45, 2.75) is 30.5 Å². The lowest BCUT2D eigenvalue weighted by molar-refractivity contribution is -0.192. The molecule has 1 saturated carbocycles. The van der Waals surface area contributed by atoms with Gasteiger partial charge in [-0.25, -0.2) is 18.2 Å². The first kappa shape index (κ1) is 27.6. The van der Waals surface area contributed by atoms with E-state index < -0.39 is 22.2 Å². The van der Waals surface area contributed by atoms with Crippen LogP contribution in [0.5, 0.6) is 0 Å². The molecule has 10 nitrogen and oxygen atoms in total. The number of alkyl halides is 3. The van der Waals surface area contributed by atoms with Crippen molar-refractivity contribution < 1.29 is 36.3 Å². The minimum absolute atomic E-state index is 0.149. The largest absolute Gasteiger partial charge is 0.490 e. The fraction of sp³-hybridized carbons (Fsp3) is 0.500. The molecule has 2 aromatic rings. The van der Waals surface area contributed by atoms with Crippen LogP contribution in [-0.4, -0.2) is 96.0 Å². The molecule has 0 spiro atoms. The number of likely N-dealkylation sites (N-methyl/N-ethyl adjacent to an activating group) is 2. The Kier molecular flexibility index (Phi) is 8.10. The van der Waals surface area contributed by atoms with Gasteiger partial charge in [0.05, 0.1) is 17.9 Å². The zero-order valence-corrected chi connectivity index (χ0v) is 20.9. The van der Waals surface area contributed by atoms with Crippen LogP contribution in [0.15, 0.2) is 35.5 Å². The summed E-state index contributed by atoms with van der Waals surface area (Å²) in [5.41, 5.74) is 1.49. The summed E-state index contributed by atoms with van der Waals surface area (Å²) in [6.07, 6.45) is -1.42. The lowest BCUT2D eigenvalue weighted by atomic mass is 10.2. The summed E-state index contributed by atoms with van der Waals surface area (Å²) in [6, 6.07) is 6.93. The van der Waals surface area contributed by atoms with Gasteiger partial charge in [-0.15, -0.1) is 0 Å². The van der Waals surface area contributed by atoms with Crippen LogP contribution < -0.4 is 0 Å². The predicted octanol–water partition coefficient (Wildman–Crippen LogP) is 2.05. The molecule has 36 heavy (non-hydrogen) atoms. The van der Waals surface area contributed by atoms with Gasteiger partial charge in [0.25, 0.3) is 5.91 Å². The van der Waals surface area contributed by atoms with Gasteiger partial charge >= 0.3 is 12.1 Å². The average molecular weight is 532 g/mol. The van der Waals surface area contributed by atoms with Gasteiger partial charge in [-0.1, -0.05) is 12.1 Å². The van der Waals surface area contributed by atoms with Crippen LogP contribution in [0, 0.1) is 5.92 Å². The Bertz CT molecular complexity index is 1220. The minimum Gasteiger partial charge on any atom is -0.475 e. The van der Waals surface area contributed by atoms with Crippen LogP contribution in [0.2, 0.25) is 0 Å². The number of hydrogen-bond acceptors (Lipinski definition) is 6. The molecule has 1 aliphatic carbocycles. The van der Waals surface area contributed by atoms with Crippen molar-refractivity contribution in [2.75, 3.05) is 40.8 Å². The summed E-state index contributed by atoms with van der Waals surface area (Å²) in [6.45, 7) is 1.93.